The number of amides is 1. The number of esters is 1. The molecule has 1 aromatic heterocycles. The second kappa shape index (κ2) is 6.93. The normalized spacial score (nSPS) is 15.5. The van der Waals surface area contributed by atoms with Crippen molar-refractivity contribution in [2.24, 2.45) is 4.99 Å². The van der Waals surface area contributed by atoms with Crippen LogP contribution in [0.3, 0.4) is 0 Å². The first-order valence-corrected chi connectivity index (χ1v) is 7.64. The number of nitriles is 1. The standard InChI is InChI=1S/C18H14N4O3/c1-2-25-18(24)12-7-14-15(17(23)22-16(14)21-9-12)10-20-13-5-3-4-11(6-13)8-19/h3-7,9-10,15H,2H2,1H3,(H,21,22,23). The fraction of sp³-hybridized carbons (Fsp3) is 0.167. The zero-order valence-electron chi connectivity index (χ0n) is 13.4. The molecule has 2 heterocycles. The number of pyridine rings is 1. The molecular weight excluding hydrogens is 320 g/mol. The van der Waals surface area contributed by atoms with Crippen molar-refractivity contribution in [1.29, 1.82) is 5.26 Å². The third-order valence-corrected chi connectivity index (χ3v) is 3.64. The maximum Gasteiger partial charge on any atom is 0.339 e. The van der Waals surface area contributed by atoms with Crippen molar-refractivity contribution in [3.8, 4) is 6.07 Å². The molecule has 0 saturated heterocycles. The summed E-state index contributed by atoms with van der Waals surface area (Å²) in [5.41, 5.74) is 1.89. The molecule has 0 spiro atoms. The Labute approximate surface area is 144 Å². The van der Waals surface area contributed by atoms with Gasteiger partial charge in [0.25, 0.3) is 0 Å². The minimum Gasteiger partial charge on any atom is -0.462 e. The lowest BCUT2D eigenvalue weighted by atomic mass is 10.0. The van der Waals surface area contributed by atoms with Crippen molar-refractivity contribution in [2.75, 3.05) is 11.9 Å². The lowest BCUT2D eigenvalue weighted by Crippen LogP contribution is -2.13. The fourth-order valence-corrected chi connectivity index (χ4v) is 2.45. The topological polar surface area (TPSA) is 104 Å². The molecule has 1 unspecified atom stereocenters. The highest BCUT2D eigenvalue weighted by Crippen LogP contribution is 2.31. The number of anilines is 1. The van der Waals surface area contributed by atoms with Crippen LogP contribution in [0.15, 0.2) is 41.5 Å². The molecule has 7 nitrogen and oxygen atoms in total. The average molecular weight is 334 g/mol. The maximum absolute atomic E-state index is 12.2. The van der Waals surface area contributed by atoms with Gasteiger partial charge in [0, 0.05) is 18.0 Å². The maximum atomic E-state index is 12.2. The number of fused-ring (bicyclic) bond motifs is 1. The van der Waals surface area contributed by atoms with Crippen LogP contribution < -0.4 is 5.32 Å². The van der Waals surface area contributed by atoms with Crippen molar-refractivity contribution in [3.05, 3.63) is 53.2 Å². The Hall–Kier alpha value is -3.53. The van der Waals surface area contributed by atoms with Gasteiger partial charge < -0.3 is 10.1 Å². The van der Waals surface area contributed by atoms with Crippen LogP contribution in [0.4, 0.5) is 11.5 Å². The van der Waals surface area contributed by atoms with Gasteiger partial charge in [-0.15, -0.1) is 0 Å². The van der Waals surface area contributed by atoms with Gasteiger partial charge in [-0.1, -0.05) is 6.07 Å². The van der Waals surface area contributed by atoms with Crippen LogP contribution in [-0.2, 0) is 9.53 Å². The number of nitrogens with one attached hydrogen (secondary N) is 1. The van der Waals surface area contributed by atoms with Crippen LogP contribution in [0.2, 0.25) is 0 Å². The molecule has 1 atom stereocenters. The SMILES string of the molecule is CCOC(=O)c1cnc2c(c1)C(C=Nc1cccc(C#N)c1)C(=O)N2. The molecule has 1 amide bonds. The Morgan fingerprint density at radius 2 is 2.32 bits per heavy atom. The molecule has 1 aliphatic heterocycles. The zero-order valence-corrected chi connectivity index (χ0v) is 13.4. The monoisotopic (exact) mass is 334 g/mol. The summed E-state index contributed by atoms with van der Waals surface area (Å²) in [7, 11) is 0. The van der Waals surface area contributed by atoms with Gasteiger partial charge in [-0.05, 0) is 31.2 Å². The number of carbonyl (C=O) groups is 2. The van der Waals surface area contributed by atoms with Gasteiger partial charge in [-0.3, -0.25) is 9.79 Å². The van der Waals surface area contributed by atoms with E-state index in [1.54, 1.807) is 37.3 Å². The van der Waals surface area contributed by atoms with Crippen LogP contribution in [0.1, 0.15) is 34.3 Å². The van der Waals surface area contributed by atoms with E-state index in [1.807, 2.05) is 6.07 Å². The van der Waals surface area contributed by atoms with Gasteiger partial charge >= 0.3 is 5.97 Å². The first-order valence-electron chi connectivity index (χ1n) is 7.64. The van der Waals surface area contributed by atoms with Crippen molar-refractivity contribution < 1.29 is 14.3 Å². The molecule has 7 heteroatoms. The molecule has 1 aliphatic rings. The number of hydrogen-bond acceptors (Lipinski definition) is 6. The molecule has 124 valence electrons. The molecular formula is C18H14N4O3. The van der Waals surface area contributed by atoms with E-state index in [9.17, 15) is 9.59 Å². The molecule has 0 saturated carbocycles. The van der Waals surface area contributed by atoms with E-state index in [4.69, 9.17) is 10.00 Å². The van der Waals surface area contributed by atoms with E-state index < -0.39 is 11.9 Å². The van der Waals surface area contributed by atoms with Gasteiger partial charge in [0.1, 0.15) is 11.7 Å². The minimum atomic E-state index is -0.664. The number of rotatable bonds is 4. The van der Waals surface area contributed by atoms with Crippen molar-refractivity contribution in [1.82, 2.24) is 4.98 Å². The van der Waals surface area contributed by atoms with Crippen LogP contribution in [0.25, 0.3) is 0 Å². The first kappa shape index (κ1) is 16.3. The highest BCUT2D eigenvalue weighted by Gasteiger charge is 2.31. The van der Waals surface area contributed by atoms with Crippen molar-refractivity contribution >= 4 is 29.6 Å². The lowest BCUT2D eigenvalue weighted by molar-refractivity contribution is -0.115. The van der Waals surface area contributed by atoms with Crippen LogP contribution in [-0.4, -0.2) is 29.7 Å². The van der Waals surface area contributed by atoms with Crippen molar-refractivity contribution in [2.45, 2.75) is 12.8 Å². The van der Waals surface area contributed by atoms with E-state index in [-0.39, 0.29) is 18.1 Å². The molecule has 3 rings (SSSR count). The number of aromatic nitrogens is 1. The molecule has 25 heavy (non-hydrogen) atoms. The van der Waals surface area contributed by atoms with E-state index in [2.05, 4.69) is 15.3 Å². The number of aliphatic imine (C=N–C) groups is 1. The Morgan fingerprint density at radius 1 is 1.48 bits per heavy atom. The third-order valence-electron chi connectivity index (χ3n) is 3.64. The van der Waals surface area contributed by atoms with Gasteiger partial charge in [0.05, 0.1) is 29.5 Å². The van der Waals surface area contributed by atoms with Gasteiger partial charge in [-0.2, -0.15) is 5.26 Å². The Morgan fingerprint density at radius 3 is 3.08 bits per heavy atom. The number of benzene rings is 1. The van der Waals surface area contributed by atoms with Crippen molar-refractivity contribution in [3.63, 3.8) is 0 Å². The van der Waals surface area contributed by atoms with E-state index >= 15 is 0 Å². The summed E-state index contributed by atoms with van der Waals surface area (Å²) < 4.78 is 4.96. The number of carbonyl (C=O) groups excluding carboxylic acids is 2. The molecule has 0 fully saturated rings. The second-order valence-corrected chi connectivity index (χ2v) is 5.29. The lowest BCUT2D eigenvalue weighted by Gasteiger charge is -2.05. The Bertz CT molecular complexity index is 915. The smallest absolute Gasteiger partial charge is 0.339 e. The van der Waals surface area contributed by atoms with E-state index in [0.29, 0.717) is 22.6 Å². The molecule has 0 radical (unpaired) electrons. The average Bonchev–Trinajstić information content (AvgIpc) is 2.94. The number of nitrogens with zero attached hydrogens (tertiary/aromatic N) is 3. The minimum absolute atomic E-state index is 0.257. The second-order valence-electron chi connectivity index (χ2n) is 5.29. The predicted molar refractivity (Wildman–Crippen MR) is 90.9 cm³/mol. The van der Waals surface area contributed by atoms with Crippen LogP contribution in [0, 0.1) is 11.3 Å². The van der Waals surface area contributed by atoms with Crippen LogP contribution in [0.5, 0.6) is 0 Å². The summed E-state index contributed by atoms with van der Waals surface area (Å²) in [5, 5.41) is 11.6. The van der Waals surface area contributed by atoms with Gasteiger partial charge in [-0.25, -0.2) is 9.78 Å². The highest BCUT2D eigenvalue weighted by molar-refractivity contribution is 6.12. The third kappa shape index (κ3) is 3.38. The van der Waals surface area contributed by atoms with Gasteiger partial charge in [0.15, 0.2) is 0 Å². The fourth-order valence-electron chi connectivity index (χ4n) is 2.45. The Kier molecular flexibility index (Phi) is 4.53. The Balaban J connectivity index is 1.90. The van der Waals surface area contributed by atoms with E-state index in [0.717, 1.165) is 0 Å². The first-order chi connectivity index (χ1) is 12.1. The van der Waals surface area contributed by atoms with Gasteiger partial charge in [0.2, 0.25) is 5.91 Å². The quantitative estimate of drug-likeness (QED) is 0.683. The summed E-state index contributed by atoms with van der Waals surface area (Å²) in [6, 6.07) is 10.4. The molecule has 1 aromatic carbocycles. The van der Waals surface area contributed by atoms with E-state index in [1.165, 1.54) is 12.4 Å². The summed E-state index contributed by atoms with van der Waals surface area (Å²) >= 11 is 0. The summed E-state index contributed by atoms with van der Waals surface area (Å²) in [5.74, 6) is -1.03. The molecule has 0 bridgehead atoms. The molecule has 2 aromatic rings. The number of hydrogen-bond donors (Lipinski definition) is 1. The number of ether oxygens (including phenoxy) is 1. The van der Waals surface area contributed by atoms with Crippen LogP contribution >= 0.6 is 0 Å². The summed E-state index contributed by atoms with van der Waals surface area (Å²) in [4.78, 5) is 32.4. The largest absolute Gasteiger partial charge is 0.462 e. The summed E-state index contributed by atoms with van der Waals surface area (Å²) in [6.07, 6.45) is 2.85. The summed E-state index contributed by atoms with van der Waals surface area (Å²) in [6.45, 7) is 1.97. The zero-order chi connectivity index (χ0) is 17.8. The molecule has 0 aliphatic carbocycles. The predicted octanol–water partition coefficient (Wildman–Crippen LogP) is 2.57. The molecule has 1 N–H and O–H groups in total. The highest BCUT2D eigenvalue weighted by atomic mass is 16.5.